The van der Waals surface area contributed by atoms with Gasteiger partial charge in [-0.15, -0.1) is 11.3 Å². The van der Waals surface area contributed by atoms with Crippen LogP contribution in [0.3, 0.4) is 0 Å². The van der Waals surface area contributed by atoms with Crippen LogP contribution in [0.2, 0.25) is 0 Å². The first-order valence-electron chi connectivity index (χ1n) is 9.73. The largest absolute Gasteiger partial charge is 0.378 e. The molecule has 0 spiro atoms. The molecule has 4 heterocycles. The van der Waals surface area contributed by atoms with Gasteiger partial charge in [0, 0.05) is 30.2 Å². The lowest BCUT2D eigenvalue weighted by molar-refractivity contribution is 0.0945. The number of aromatic amines is 1. The normalized spacial score (nSPS) is 14.2. The first-order valence-corrected chi connectivity index (χ1v) is 10.6. The molecule has 1 saturated heterocycles. The second-order valence-corrected chi connectivity index (χ2v) is 7.78. The molecule has 2 N–H and O–H groups in total. The second kappa shape index (κ2) is 8.21. The Labute approximate surface area is 177 Å². The highest BCUT2D eigenvalue weighted by molar-refractivity contribution is 7.13. The number of aromatic nitrogens is 4. The molecule has 1 fully saturated rings. The first-order chi connectivity index (χ1) is 14.8. The van der Waals surface area contributed by atoms with Crippen LogP contribution in [-0.2, 0) is 11.3 Å². The summed E-state index contributed by atoms with van der Waals surface area (Å²) in [5.41, 5.74) is 3.12. The summed E-state index contributed by atoms with van der Waals surface area (Å²) < 4.78 is 5.38. The number of carbonyl (C=O) groups excluding carboxylic acids is 1. The molecule has 0 saturated carbocycles. The maximum absolute atomic E-state index is 12.5. The van der Waals surface area contributed by atoms with Crippen LogP contribution in [0.15, 0.2) is 48.0 Å². The fraction of sp³-hybridized carbons (Fsp3) is 0.238. The number of pyridine rings is 1. The Kier molecular flexibility index (Phi) is 5.12. The fourth-order valence-electron chi connectivity index (χ4n) is 3.35. The van der Waals surface area contributed by atoms with Gasteiger partial charge >= 0.3 is 0 Å². The molecule has 8 nitrogen and oxygen atoms in total. The van der Waals surface area contributed by atoms with E-state index in [2.05, 4.69) is 30.2 Å². The van der Waals surface area contributed by atoms with Gasteiger partial charge in [-0.1, -0.05) is 12.1 Å². The number of hydrogen-bond donors (Lipinski definition) is 2. The van der Waals surface area contributed by atoms with Gasteiger partial charge in [-0.25, -0.2) is 15.0 Å². The van der Waals surface area contributed by atoms with Gasteiger partial charge < -0.3 is 19.9 Å². The van der Waals surface area contributed by atoms with Gasteiger partial charge in [0.05, 0.1) is 30.8 Å². The number of fused-ring (bicyclic) bond motifs is 1. The van der Waals surface area contributed by atoms with Crippen molar-refractivity contribution in [2.75, 3.05) is 31.2 Å². The van der Waals surface area contributed by atoms with Crippen LogP contribution in [0, 0.1) is 0 Å². The number of imidazole rings is 1. The molecular formula is C21H20N6O2S. The van der Waals surface area contributed by atoms with E-state index in [1.807, 2.05) is 36.4 Å². The third-order valence-corrected chi connectivity index (χ3v) is 5.81. The monoisotopic (exact) mass is 420 g/mol. The molecule has 1 aromatic carbocycles. The number of ether oxygens (including phenoxy) is 1. The summed E-state index contributed by atoms with van der Waals surface area (Å²) in [5.74, 6) is 1.42. The summed E-state index contributed by atoms with van der Waals surface area (Å²) in [5, 5.41) is 5.40. The molecule has 0 unspecified atom stereocenters. The molecule has 3 aromatic heterocycles. The molecule has 1 aliphatic heterocycles. The van der Waals surface area contributed by atoms with E-state index in [1.165, 1.54) is 11.3 Å². The van der Waals surface area contributed by atoms with Crippen LogP contribution in [0.4, 0.5) is 5.82 Å². The number of carbonyl (C=O) groups is 1. The van der Waals surface area contributed by atoms with Crippen LogP contribution >= 0.6 is 11.3 Å². The predicted molar refractivity (Wildman–Crippen MR) is 116 cm³/mol. The third-order valence-electron chi connectivity index (χ3n) is 4.92. The minimum atomic E-state index is -0.226. The maximum Gasteiger partial charge on any atom is 0.271 e. The van der Waals surface area contributed by atoms with Crippen molar-refractivity contribution >= 4 is 34.1 Å². The molecule has 0 bridgehead atoms. The number of nitrogens with zero attached hydrogens (tertiary/aromatic N) is 4. The number of thiazole rings is 1. The number of hydrogen-bond acceptors (Lipinski definition) is 7. The van der Waals surface area contributed by atoms with Crippen molar-refractivity contribution in [3.05, 3.63) is 59.5 Å². The average molecular weight is 420 g/mol. The molecule has 152 valence electrons. The molecule has 4 aromatic rings. The van der Waals surface area contributed by atoms with Crippen LogP contribution in [0.1, 0.15) is 16.3 Å². The Bertz CT molecular complexity index is 1130. The topological polar surface area (TPSA) is 96.0 Å². The van der Waals surface area contributed by atoms with Gasteiger partial charge in [0.1, 0.15) is 22.3 Å². The maximum atomic E-state index is 12.5. The van der Waals surface area contributed by atoms with E-state index in [-0.39, 0.29) is 5.91 Å². The van der Waals surface area contributed by atoms with Crippen molar-refractivity contribution in [3.8, 4) is 10.6 Å². The highest BCUT2D eigenvalue weighted by Crippen LogP contribution is 2.25. The Hall–Kier alpha value is -3.30. The van der Waals surface area contributed by atoms with Crippen molar-refractivity contribution in [1.82, 2.24) is 25.3 Å². The summed E-state index contributed by atoms with van der Waals surface area (Å²) in [4.78, 5) is 31.4. The highest BCUT2D eigenvalue weighted by Gasteiger charge is 2.15. The minimum absolute atomic E-state index is 0.226. The van der Waals surface area contributed by atoms with Crippen molar-refractivity contribution in [1.29, 1.82) is 0 Å². The summed E-state index contributed by atoms with van der Waals surface area (Å²) in [6.07, 6.45) is 1.81. The molecule has 9 heteroatoms. The van der Waals surface area contributed by atoms with Crippen LogP contribution in [-0.4, -0.2) is 52.1 Å². The van der Waals surface area contributed by atoms with Crippen LogP contribution in [0.5, 0.6) is 0 Å². The number of H-pyrrole nitrogens is 1. The number of para-hydroxylation sites is 2. The SMILES string of the molecule is O=C(NCc1nc2ccccc2[nH]1)c1csc(-c2ccc(N3CCOCC3)nc2)n1. The van der Waals surface area contributed by atoms with Crippen LogP contribution in [0.25, 0.3) is 21.6 Å². The van der Waals surface area contributed by atoms with E-state index >= 15 is 0 Å². The van der Waals surface area contributed by atoms with E-state index in [0.717, 1.165) is 53.7 Å². The predicted octanol–water partition coefficient (Wildman–Crippen LogP) is 2.85. The number of nitrogens with one attached hydrogen (secondary N) is 2. The zero-order chi connectivity index (χ0) is 20.3. The van der Waals surface area contributed by atoms with E-state index in [0.29, 0.717) is 18.1 Å². The molecular weight excluding hydrogens is 400 g/mol. The molecule has 1 aliphatic rings. The zero-order valence-corrected chi connectivity index (χ0v) is 17.0. The molecule has 30 heavy (non-hydrogen) atoms. The van der Waals surface area contributed by atoms with Crippen molar-refractivity contribution in [3.63, 3.8) is 0 Å². The molecule has 0 aliphatic carbocycles. The zero-order valence-electron chi connectivity index (χ0n) is 16.2. The van der Waals surface area contributed by atoms with Crippen molar-refractivity contribution in [2.24, 2.45) is 0 Å². The first kappa shape index (κ1) is 18.7. The van der Waals surface area contributed by atoms with Gasteiger partial charge in [0.15, 0.2) is 0 Å². The average Bonchev–Trinajstić information content (AvgIpc) is 3.45. The Morgan fingerprint density at radius 2 is 2.03 bits per heavy atom. The lowest BCUT2D eigenvalue weighted by Gasteiger charge is -2.27. The Morgan fingerprint density at radius 1 is 1.17 bits per heavy atom. The van der Waals surface area contributed by atoms with Gasteiger partial charge in [-0.05, 0) is 24.3 Å². The molecule has 1 amide bonds. The van der Waals surface area contributed by atoms with Gasteiger partial charge in [-0.2, -0.15) is 0 Å². The molecule has 5 rings (SSSR count). The van der Waals surface area contributed by atoms with E-state index in [4.69, 9.17) is 4.74 Å². The van der Waals surface area contributed by atoms with Crippen molar-refractivity contribution in [2.45, 2.75) is 6.54 Å². The lowest BCUT2D eigenvalue weighted by atomic mass is 10.3. The number of benzene rings is 1. The Balaban J connectivity index is 1.23. The molecule has 0 atom stereocenters. The summed E-state index contributed by atoms with van der Waals surface area (Å²) >= 11 is 1.43. The number of amides is 1. The standard InChI is InChI=1S/C21H20N6O2S/c28-20(23-12-18-24-15-3-1-2-4-16(15)25-18)17-13-30-21(26-17)14-5-6-19(22-11-14)27-7-9-29-10-8-27/h1-6,11,13H,7-10,12H2,(H,23,28)(H,24,25). The highest BCUT2D eigenvalue weighted by atomic mass is 32.1. The summed E-state index contributed by atoms with van der Waals surface area (Å²) in [7, 11) is 0. The summed E-state index contributed by atoms with van der Waals surface area (Å²) in [6, 6.07) is 11.8. The molecule has 0 radical (unpaired) electrons. The lowest BCUT2D eigenvalue weighted by Crippen LogP contribution is -2.36. The van der Waals surface area contributed by atoms with Crippen molar-refractivity contribution < 1.29 is 9.53 Å². The second-order valence-electron chi connectivity index (χ2n) is 6.93. The van der Waals surface area contributed by atoms with E-state index in [1.54, 1.807) is 11.6 Å². The minimum Gasteiger partial charge on any atom is -0.378 e. The number of anilines is 1. The van der Waals surface area contributed by atoms with Gasteiger partial charge in [-0.3, -0.25) is 4.79 Å². The Morgan fingerprint density at radius 3 is 2.83 bits per heavy atom. The van der Waals surface area contributed by atoms with Crippen LogP contribution < -0.4 is 10.2 Å². The summed E-state index contributed by atoms with van der Waals surface area (Å²) in [6.45, 7) is 3.46. The smallest absolute Gasteiger partial charge is 0.271 e. The van der Waals surface area contributed by atoms with Gasteiger partial charge in [0.2, 0.25) is 0 Å². The van der Waals surface area contributed by atoms with E-state index < -0.39 is 0 Å². The number of rotatable bonds is 5. The quantitative estimate of drug-likeness (QED) is 0.515. The third kappa shape index (κ3) is 3.89. The van der Waals surface area contributed by atoms with Gasteiger partial charge in [0.25, 0.3) is 5.91 Å². The van der Waals surface area contributed by atoms with E-state index in [9.17, 15) is 4.79 Å². The number of morpholine rings is 1. The fourth-order valence-corrected chi connectivity index (χ4v) is 4.14.